The SMILES string of the molecule is O=C(NCc1nccnc1-c1ccncc1)c1ccc(Br)o1. The predicted octanol–water partition coefficient (Wildman–Crippen LogP) is 2.82. The topological polar surface area (TPSA) is 80.9 Å². The van der Waals surface area contributed by atoms with E-state index in [0.29, 0.717) is 16.1 Å². The molecule has 0 fully saturated rings. The molecule has 1 N–H and O–H groups in total. The van der Waals surface area contributed by atoms with Crippen LogP contribution in [0.4, 0.5) is 0 Å². The Morgan fingerprint density at radius 2 is 1.86 bits per heavy atom. The molecule has 110 valence electrons. The predicted molar refractivity (Wildman–Crippen MR) is 82.8 cm³/mol. The van der Waals surface area contributed by atoms with Gasteiger partial charge in [0, 0.05) is 30.4 Å². The van der Waals surface area contributed by atoms with Crippen LogP contribution in [-0.4, -0.2) is 20.9 Å². The zero-order chi connectivity index (χ0) is 15.4. The average molecular weight is 359 g/mol. The molecule has 0 saturated heterocycles. The molecule has 0 radical (unpaired) electrons. The van der Waals surface area contributed by atoms with Crippen LogP contribution in [0.1, 0.15) is 16.2 Å². The van der Waals surface area contributed by atoms with Gasteiger partial charge in [0.25, 0.3) is 5.91 Å². The largest absolute Gasteiger partial charge is 0.444 e. The number of carbonyl (C=O) groups is 1. The molecule has 0 spiro atoms. The van der Waals surface area contributed by atoms with E-state index >= 15 is 0 Å². The highest BCUT2D eigenvalue weighted by molar-refractivity contribution is 9.10. The zero-order valence-corrected chi connectivity index (χ0v) is 12.9. The summed E-state index contributed by atoms with van der Waals surface area (Å²) in [5.41, 5.74) is 2.28. The summed E-state index contributed by atoms with van der Waals surface area (Å²) in [5.74, 6) is -0.0711. The molecule has 3 aromatic heterocycles. The first-order valence-corrected chi connectivity index (χ1v) is 7.27. The molecule has 6 nitrogen and oxygen atoms in total. The fourth-order valence-corrected chi connectivity index (χ4v) is 2.24. The van der Waals surface area contributed by atoms with Gasteiger partial charge in [0.2, 0.25) is 0 Å². The number of aromatic nitrogens is 3. The van der Waals surface area contributed by atoms with Crippen molar-refractivity contribution >= 4 is 21.8 Å². The summed E-state index contributed by atoms with van der Waals surface area (Å²) in [4.78, 5) is 24.6. The van der Waals surface area contributed by atoms with Crippen molar-refractivity contribution in [3.8, 4) is 11.3 Å². The van der Waals surface area contributed by atoms with Crippen molar-refractivity contribution < 1.29 is 9.21 Å². The molecular formula is C15H11BrN4O2. The minimum atomic E-state index is -0.308. The van der Waals surface area contributed by atoms with E-state index in [0.717, 1.165) is 5.56 Å². The Hall–Kier alpha value is -2.54. The van der Waals surface area contributed by atoms with Crippen LogP contribution in [0.3, 0.4) is 0 Å². The number of nitrogens with zero attached hydrogens (tertiary/aromatic N) is 3. The monoisotopic (exact) mass is 358 g/mol. The average Bonchev–Trinajstić information content (AvgIpc) is 3.00. The molecular weight excluding hydrogens is 348 g/mol. The number of nitrogens with one attached hydrogen (secondary N) is 1. The van der Waals surface area contributed by atoms with Crippen molar-refractivity contribution in [3.05, 3.63) is 65.2 Å². The Morgan fingerprint density at radius 3 is 2.59 bits per heavy atom. The fraction of sp³-hybridized carbons (Fsp3) is 0.0667. The van der Waals surface area contributed by atoms with Crippen molar-refractivity contribution in [2.75, 3.05) is 0 Å². The lowest BCUT2D eigenvalue weighted by Gasteiger charge is -2.08. The van der Waals surface area contributed by atoms with Crippen LogP contribution < -0.4 is 5.32 Å². The summed E-state index contributed by atoms with van der Waals surface area (Å²) in [6, 6.07) is 6.96. The Bertz CT molecular complexity index is 789. The summed E-state index contributed by atoms with van der Waals surface area (Å²) in [6.07, 6.45) is 6.58. The fourth-order valence-electron chi connectivity index (χ4n) is 1.93. The highest BCUT2D eigenvalue weighted by Crippen LogP contribution is 2.19. The number of halogens is 1. The normalized spacial score (nSPS) is 10.4. The lowest BCUT2D eigenvalue weighted by Crippen LogP contribution is -2.23. The molecule has 22 heavy (non-hydrogen) atoms. The molecule has 3 rings (SSSR count). The van der Waals surface area contributed by atoms with E-state index in [2.05, 4.69) is 36.2 Å². The van der Waals surface area contributed by atoms with Gasteiger partial charge >= 0.3 is 0 Å². The van der Waals surface area contributed by atoms with Gasteiger partial charge in [0.1, 0.15) is 0 Å². The van der Waals surface area contributed by atoms with Crippen molar-refractivity contribution in [1.29, 1.82) is 0 Å². The zero-order valence-electron chi connectivity index (χ0n) is 11.4. The summed E-state index contributed by atoms with van der Waals surface area (Å²) in [7, 11) is 0. The standard InChI is InChI=1S/C15H11BrN4O2/c16-13-2-1-12(22-13)15(21)20-9-11-14(19-8-7-18-11)10-3-5-17-6-4-10/h1-8H,9H2,(H,20,21). The van der Waals surface area contributed by atoms with E-state index in [1.165, 1.54) is 0 Å². The van der Waals surface area contributed by atoms with Crippen molar-refractivity contribution in [2.24, 2.45) is 0 Å². The molecule has 0 aliphatic carbocycles. The number of amides is 1. The van der Waals surface area contributed by atoms with Gasteiger partial charge in [0.05, 0.1) is 17.9 Å². The molecule has 3 heterocycles. The molecule has 0 aliphatic rings. The third-order valence-corrected chi connectivity index (χ3v) is 3.37. The maximum atomic E-state index is 12.0. The van der Waals surface area contributed by atoms with Crippen molar-refractivity contribution in [2.45, 2.75) is 6.54 Å². The summed E-state index contributed by atoms with van der Waals surface area (Å²) < 4.78 is 5.72. The number of pyridine rings is 1. The van der Waals surface area contributed by atoms with Crippen LogP contribution in [0, 0.1) is 0 Å². The molecule has 0 saturated carbocycles. The molecule has 0 atom stereocenters. The van der Waals surface area contributed by atoms with Crippen molar-refractivity contribution in [1.82, 2.24) is 20.3 Å². The van der Waals surface area contributed by atoms with Crippen LogP contribution in [0.25, 0.3) is 11.3 Å². The third-order valence-electron chi connectivity index (χ3n) is 2.94. The number of furan rings is 1. The van der Waals surface area contributed by atoms with E-state index in [1.54, 1.807) is 36.9 Å². The second-order valence-electron chi connectivity index (χ2n) is 4.37. The van der Waals surface area contributed by atoms with Crippen LogP contribution in [-0.2, 0) is 6.54 Å². The van der Waals surface area contributed by atoms with Gasteiger partial charge in [-0.2, -0.15) is 0 Å². The Balaban J connectivity index is 1.77. The van der Waals surface area contributed by atoms with Gasteiger partial charge in [-0.15, -0.1) is 0 Å². The molecule has 7 heteroatoms. The first-order chi connectivity index (χ1) is 10.7. The molecule has 0 aromatic carbocycles. The first-order valence-electron chi connectivity index (χ1n) is 6.48. The summed E-state index contributed by atoms with van der Waals surface area (Å²) in [6.45, 7) is 0.253. The highest BCUT2D eigenvalue weighted by atomic mass is 79.9. The van der Waals surface area contributed by atoms with Gasteiger partial charge in [-0.25, -0.2) is 0 Å². The molecule has 0 unspecified atom stereocenters. The smallest absolute Gasteiger partial charge is 0.287 e. The molecule has 3 aromatic rings. The first kappa shape index (κ1) is 14.4. The number of rotatable bonds is 4. The Kier molecular flexibility index (Phi) is 4.24. The molecule has 1 amide bonds. The van der Waals surface area contributed by atoms with Gasteiger partial charge in [-0.3, -0.25) is 19.7 Å². The van der Waals surface area contributed by atoms with Crippen LogP contribution in [0.15, 0.2) is 58.1 Å². The second-order valence-corrected chi connectivity index (χ2v) is 5.16. The highest BCUT2D eigenvalue weighted by Gasteiger charge is 2.13. The number of hydrogen-bond acceptors (Lipinski definition) is 5. The minimum Gasteiger partial charge on any atom is -0.444 e. The third kappa shape index (κ3) is 3.20. The van der Waals surface area contributed by atoms with Gasteiger partial charge in [-0.1, -0.05) is 0 Å². The van der Waals surface area contributed by atoms with Crippen LogP contribution >= 0.6 is 15.9 Å². The van der Waals surface area contributed by atoms with Crippen molar-refractivity contribution in [3.63, 3.8) is 0 Å². The minimum absolute atomic E-state index is 0.237. The maximum Gasteiger partial charge on any atom is 0.287 e. The van der Waals surface area contributed by atoms with Gasteiger partial charge < -0.3 is 9.73 Å². The van der Waals surface area contributed by atoms with E-state index in [1.807, 2.05) is 12.1 Å². The van der Waals surface area contributed by atoms with Crippen LogP contribution in [0.2, 0.25) is 0 Å². The lowest BCUT2D eigenvalue weighted by molar-refractivity contribution is 0.0921. The molecule has 0 aliphatic heterocycles. The van der Waals surface area contributed by atoms with E-state index in [4.69, 9.17) is 4.42 Å². The van der Waals surface area contributed by atoms with Gasteiger partial charge in [-0.05, 0) is 40.2 Å². The Morgan fingerprint density at radius 1 is 1.09 bits per heavy atom. The van der Waals surface area contributed by atoms with Gasteiger partial charge in [0.15, 0.2) is 10.4 Å². The Labute approximate surface area is 134 Å². The quantitative estimate of drug-likeness (QED) is 0.775. The lowest BCUT2D eigenvalue weighted by atomic mass is 10.1. The summed E-state index contributed by atoms with van der Waals surface area (Å²) in [5, 5.41) is 2.77. The number of hydrogen-bond donors (Lipinski definition) is 1. The summed E-state index contributed by atoms with van der Waals surface area (Å²) >= 11 is 3.16. The van der Waals surface area contributed by atoms with E-state index in [-0.39, 0.29) is 18.2 Å². The number of carbonyl (C=O) groups excluding carboxylic acids is 1. The molecule has 0 bridgehead atoms. The van der Waals surface area contributed by atoms with E-state index in [9.17, 15) is 4.79 Å². The van der Waals surface area contributed by atoms with E-state index < -0.39 is 0 Å². The maximum absolute atomic E-state index is 12.0. The van der Waals surface area contributed by atoms with Crippen LogP contribution in [0.5, 0.6) is 0 Å². The second kappa shape index (κ2) is 6.48.